The third-order valence-corrected chi connectivity index (χ3v) is 3.33. The standard InChI is InChI=1S/C13H20N2O2/c1-17-9-6-7-11(10(14)8-9)15-12-4-2-3-5-13(12)16/h6-8,12-13,15-16H,2-5,14H2,1H3. The van der Waals surface area contributed by atoms with Crippen LogP contribution in [0, 0.1) is 0 Å². The number of hydrogen-bond donors (Lipinski definition) is 3. The number of nitrogens with two attached hydrogens (primary N) is 1. The maximum Gasteiger partial charge on any atom is 0.121 e. The number of nitrogens with one attached hydrogen (secondary N) is 1. The van der Waals surface area contributed by atoms with Crippen molar-refractivity contribution in [3.8, 4) is 5.75 Å². The molecule has 4 heteroatoms. The highest BCUT2D eigenvalue weighted by Crippen LogP contribution is 2.28. The summed E-state index contributed by atoms with van der Waals surface area (Å²) in [6, 6.07) is 5.67. The van der Waals surface area contributed by atoms with Crippen LogP contribution in [0.3, 0.4) is 0 Å². The number of ether oxygens (including phenoxy) is 1. The van der Waals surface area contributed by atoms with E-state index in [0.717, 1.165) is 37.1 Å². The Morgan fingerprint density at radius 3 is 2.76 bits per heavy atom. The molecule has 4 N–H and O–H groups in total. The fourth-order valence-electron chi connectivity index (χ4n) is 2.28. The van der Waals surface area contributed by atoms with Crippen LogP contribution in [0.4, 0.5) is 11.4 Å². The minimum atomic E-state index is -0.273. The van der Waals surface area contributed by atoms with E-state index in [1.807, 2.05) is 12.1 Å². The van der Waals surface area contributed by atoms with Crippen molar-refractivity contribution in [1.29, 1.82) is 0 Å². The van der Waals surface area contributed by atoms with E-state index in [1.165, 1.54) is 0 Å². The zero-order valence-electron chi connectivity index (χ0n) is 10.1. The maximum atomic E-state index is 9.89. The minimum Gasteiger partial charge on any atom is -0.497 e. The predicted molar refractivity (Wildman–Crippen MR) is 69.3 cm³/mol. The number of aliphatic hydroxyl groups excluding tert-OH is 1. The molecule has 0 spiro atoms. The van der Waals surface area contributed by atoms with E-state index in [9.17, 15) is 5.11 Å². The molecule has 0 aromatic heterocycles. The summed E-state index contributed by atoms with van der Waals surface area (Å²) >= 11 is 0. The smallest absolute Gasteiger partial charge is 0.121 e. The van der Waals surface area contributed by atoms with Crippen molar-refractivity contribution < 1.29 is 9.84 Å². The van der Waals surface area contributed by atoms with Crippen LogP contribution in [0.15, 0.2) is 18.2 Å². The van der Waals surface area contributed by atoms with E-state index in [-0.39, 0.29) is 12.1 Å². The summed E-state index contributed by atoms with van der Waals surface area (Å²) in [5.74, 6) is 0.747. The van der Waals surface area contributed by atoms with Gasteiger partial charge in [0.05, 0.1) is 30.6 Å². The molecule has 2 unspecified atom stereocenters. The van der Waals surface area contributed by atoms with Crippen molar-refractivity contribution in [3.63, 3.8) is 0 Å². The Hall–Kier alpha value is -1.42. The second-order valence-corrected chi connectivity index (χ2v) is 4.56. The van der Waals surface area contributed by atoms with Gasteiger partial charge in [-0.05, 0) is 25.0 Å². The van der Waals surface area contributed by atoms with Crippen LogP contribution in [-0.4, -0.2) is 24.4 Å². The first-order valence-corrected chi connectivity index (χ1v) is 6.09. The van der Waals surface area contributed by atoms with E-state index in [4.69, 9.17) is 10.5 Å². The highest BCUT2D eigenvalue weighted by atomic mass is 16.5. The number of hydrogen-bond acceptors (Lipinski definition) is 4. The molecule has 2 rings (SSSR count). The molecule has 0 bridgehead atoms. The van der Waals surface area contributed by atoms with Crippen molar-refractivity contribution >= 4 is 11.4 Å². The van der Waals surface area contributed by atoms with Gasteiger partial charge in [0.2, 0.25) is 0 Å². The molecule has 1 aliphatic carbocycles. The van der Waals surface area contributed by atoms with Gasteiger partial charge >= 0.3 is 0 Å². The lowest BCUT2D eigenvalue weighted by atomic mass is 9.92. The largest absolute Gasteiger partial charge is 0.497 e. The summed E-state index contributed by atoms with van der Waals surface area (Å²) in [6.45, 7) is 0. The van der Waals surface area contributed by atoms with Crippen LogP contribution < -0.4 is 15.8 Å². The molecular weight excluding hydrogens is 216 g/mol. The molecule has 0 heterocycles. The van der Waals surface area contributed by atoms with Crippen molar-refractivity contribution in [1.82, 2.24) is 0 Å². The summed E-state index contributed by atoms with van der Waals surface area (Å²) in [7, 11) is 1.62. The van der Waals surface area contributed by atoms with Gasteiger partial charge in [-0.2, -0.15) is 0 Å². The normalized spacial score (nSPS) is 24.4. The summed E-state index contributed by atoms with van der Waals surface area (Å²) in [4.78, 5) is 0. The number of nitrogen functional groups attached to an aromatic ring is 1. The van der Waals surface area contributed by atoms with E-state index < -0.39 is 0 Å². The molecule has 0 saturated heterocycles. The third-order valence-electron chi connectivity index (χ3n) is 3.33. The van der Waals surface area contributed by atoms with Gasteiger partial charge in [0.1, 0.15) is 5.75 Å². The molecule has 1 aromatic rings. The number of anilines is 2. The van der Waals surface area contributed by atoms with E-state index in [2.05, 4.69) is 5.32 Å². The Morgan fingerprint density at radius 2 is 2.12 bits per heavy atom. The van der Waals surface area contributed by atoms with Gasteiger partial charge in [-0.15, -0.1) is 0 Å². The molecule has 1 aromatic carbocycles. The first kappa shape index (κ1) is 12.0. The van der Waals surface area contributed by atoms with Crippen molar-refractivity contribution in [2.75, 3.05) is 18.2 Å². The van der Waals surface area contributed by atoms with Crippen LogP contribution in [0.25, 0.3) is 0 Å². The number of methoxy groups -OCH3 is 1. The zero-order valence-corrected chi connectivity index (χ0v) is 10.1. The maximum absolute atomic E-state index is 9.89. The topological polar surface area (TPSA) is 67.5 Å². The van der Waals surface area contributed by atoms with Crippen LogP contribution in [-0.2, 0) is 0 Å². The van der Waals surface area contributed by atoms with Gasteiger partial charge in [-0.1, -0.05) is 12.8 Å². The highest BCUT2D eigenvalue weighted by molar-refractivity contribution is 5.68. The lowest BCUT2D eigenvalue weighted by Gasteiger charge is -2.29. The molecule has 2 atom stereocenters. The lowest BCUT2D eigenvalue weighted by Crippen LogP contribution is -2.36. The second kappa shape index (κ2) is 5.27. The van der Waals surface area contributed by atoms with Gasteiger partial charge in [-0.25, -0.2) is 0 Å². The monoisotopic (exact) mass is 236 g/mol. The van der Waals surface area contributed by atoms with Crippen LogP contribution >= 0.6 is 0 Å². The first-order chi connectivity index (χ1) is 8.20. The molecule has 1 aliphatic rings. The average molecular weight is 236 g/mol. The third kappa shape index (κ3) is 2.82. The molecule has 1 fully saturated rings. The van der Waals surface area contributed by atoms with E-state index >= 15 is 0 Å². The highest BCUT2D eigenvalue weighted by Gasteiger charge is 2.23. The summed E-state index contributed by atoms with van der Waals surface area (Å²) in [5.41, 5.74) is 7.46. The molecule has 0 radical (unpaired) electrons. The van der Waals surface area contributed by atoms with Crippen LogP contribution in [0.2, 0.25) is 0 Å². The molecule has 0 aliphatic heterocycles. The lowest BCUT2D eigenvalue weighted by molar-refractivity contribution is 0.116. The fraction of sp³-hybridized carbons (Fsp3) is 0.538. The van der Waals surface area contributed by atoms with E-state index in [1.54, 1.807) is 13.2 Å². The van der Waals surface area contributed by atoms with Gasteiger partial charge < -0.3 is 20.9 Å². The van der Waals surface area contributed by atoms with Gasteiger partial charge in [0, 0.05) is 6.07 Å². The summed E-state index contributed by atoms with van der Waals surface area (Å²) < 4.78 is 5.10. The Labute approximate surface area is 102 Å². The Bertz CT molecular complexity index is 382. The summed E-state index contributed by atoms with van der Waals surface area (Å²) in [6.07, 6.45) is 3.85. The van der Waals surface area contributed by atoms with Crippen molar-refractivity contribution in [2.24, 2.45) is 0 Å². The second-order valence-electron chi connectivity index (χ2n) is 4.56. The number of aliphatic hydroxyl groups is 1. The Balaban J connectivity index is 2.07. The first-order valence-electron chi connectivity index (χ1n) is 6.09. The van der Waals surface area contributed by atoms with Crippen molar-refractivity contribution in [3.05, 3.63) is 18.2 Å². The van der Waals surface area contributed by atoms with Gasteiger partial charge in [-0.3, -0.25) is 0 Å². The molecule has 1 saturated carbocycles. The Morgan fingerprint density at radius 1 is 1.35 bits per heavy atom. The zero-order chi connectivity index (χ0) is 12.3. The molecule has 4 nitrogen and oxygen atoms in total. The van der Waals surface area contributed by atoms with Crippen LogP contribution in [0.1, 0.15) is 25.7 Å². The minimum absolute atomic E-state index is 0.111. The molecule has 0 amide bonds. The Kier molecular flexibility index (Phi) is 3.74. The molecule has 17 heavy (non-hydrogen) atoms. The molecule has 94 valence electrons. The SMILES string of the molecule is COc1ccc(NC2CCCCC2O)c(N)c1. The van der Waals surface area contributed by atoms with Gasteiger partial charge in [0.15, 0.2) is 0 Å². The number of benzene rings is 1. The van der Waals surface area contributed by atoms with Crippen molar-refractivity contribution in [2.45, 2.75) is 37.8 Å². The van der Waals surface area contributed by atoms with Gasteiger partial charge in [0.25, 0.3) is 0 Å². The average Bonchev–Trinajstić information content (AvgIpc) is 2.34. The summed E-state index contributed by atoms with van der Waals surface area (Å²) in [5, 5.41) is 13.2. The predicted octanol–water partition coefficient (Wildman–Crippen LogP) is 1.99. The van der Waals surface area contributed by atoms with Crippen LogP contribution in [0.5, 0.6) is 5.75 Å². The van der Waals surface area contributed by atoms with E-state index in [0.29, 0.717) is 5.69 Å². The number of rotatable bonds is 3. The molecular formula is C13H20N2O2. The quantitative estimate of drug-likeness (QED) is 0.702. The fourth-order valence-corrected chi connectivity index (χ4v) is 2.28.